The van der Waals surface area contributed by atoms with Gasteiger partial charge in [0.25, 0.3) is 0 Å². The summed E-state index contributed by atoms with van der Waals surface area (Å²) in [6.07, 6.45) is 4.51. The van der Waals surface area contributed by atoms with Gasteiger partial charge >= 0.3 is 0 Å². The lowest BCUT2D eigenvalue weighted by Gasteiger charge is -2.18. The Hall–Kier alpha value is -0.570. The molecular weight excluding hydrogens is 212 g/mol. The summed E-state index contributed by atoms with van der Waals surface area (Å²) in [5, 5.41) is 6.30. The Balaban J connectivity index is 3.67. The van der Waals surface area contributed by atoms with Crippen LogP contribution in [0.1, 0.15) is 60.3 Å². The Morgan fingerprint density at radius 1 is 1.12 bits per heavy atom. The molecule has 0 rings (SSSR count). The predicted molar refractivity (Wildman–Crippen MR) is 74.0 cm³/mol. The summed E-state index contributed by atoms with van der Waals surface area (Å²) in [6.45, 7) is 11.5. The summed E-state index contributed by atoms with van der Waals surface area (Å²) in [4.78, 5) is 11.8. The lowest BCUT2D eigenvalue weighted by Crippen LogP contribution is -2.45. The summed E-state index contributed by atoms with van der Waals surface area (Å²) in [5.74, 6) is 0.862. The van der Waals surface area contributed by atoms with E-state index in [9.17, 15) is 4.79 Å². The molecule has 0 aromatic heterocycles. The van der Waals surface area contributed by atoms with Gasteiger partial charge in [-0.3, -0.25) is 4.79 Å². The maximum absolute atomic E-state index is 11.8. The average Bonchev–Trinajstić information content (AvgIpc) is 2.23. The molecule has 0 spiro atoms. The van der Waals surface area contributed by atoms with Gasteiger partial charge in [0.2, 0.25) is 5.91 Å². The highest BCUT2D eigenvalue weighted by atomic mass is 16.2. The highest BCUT2D eigenvalue weighted by Crippen LogP contribution is 2.02. The van der Waals surface area contributed by atoms with E-state index in [0.29, 0.717) is 0 Å². The van der Waals surface area contributed by atoms with Crippen molar-refractivity contribution in [2.75, 3.05) is 6.54 Å². The fraction of sp³-hybridized carbons (Fsp3) is 0.929. The topological polar surface area (TPSA) is 41.1 Å². The van der Waals surface area contributed by atoms with Crippen molar-refractivity contribution in [3.05, 3.63) is 0 Å². The quantitative estimate of drug-likeness (QED) is 0.610. The highest BCUT2D eigenvalue weighted by molar-refractivity contribution is 5.81. The fourth-order valence-electron chi connectivity index (χ4n) is 1.79. The summed E-state index contributed by atoms with van der Waals surface area (Å²) in [7, 11) is 0. The Bertz CT molecular complexity index is 204. The van der Waals surface area contributed by atoms with E-state index in [1.54, 1.807) is 0 Å². The van der Waals surface area contributed by atoms with Gasteiger partial charge in [-0.2, -0.15) is 0 Å². The molecular formula is C14H30N2O. The average molecular weight is 242 g/mol. The Kier molecular flexibility index (Phi) is 9.14. The molecule has 2 atom stereocenters. The molecule has 3 nitrogen and oxygen atoms in total. The second kappa shape index (κ2) is 9.46. The lowest BCUT2D eigenvalue weighted by molar-refractivity contribution is -0.123. The summed E-state index contributed by atoms with van der Waals surface area (Å²) < 4.78 is 0. The fourth-order valence-corrected chi connectivity index (χ4v) is 1.79. The van der Waals surface area contributed by atoms with Crippen LogP contribution >= 0.6 is 0 Å². The minimum absolute atomic E-state index is 0.0820. The third-order valence-corrected chi connectivity index (χ3v) is 2.91. The minimum Gasteiger partial charge on any atom is -0.352 e. The van der Waals surface area contributed by atoms with Crippen LogP contribution in [-0.4, -0.2) is 24.5 Å². The van der Waals surface area contributed by atoms with Gasteiger partial charge in [0.15, 0.2) is 0 Å². The molecule has 0 saturated carbocycles. The van der Waals surface area contributed by atoms with E-state index in [1.807, 2.05) is 6.92 Å². The molecule has 0 bridgehead atoms. The van der Waals surface area contributed by atoms with Gasteiger partial charge in [0, 0.05) is 6.04 Å². The predicted octanol–water partition coefficient (Wildman–Crippen LogP) is 2.71. The Labute approximate surface area is 107 Å². The van der Waals surface area contributed by atoms with Crippen LogP contribution in [0.25, 0.3) is 0 Å². The number of carbonyl (C=O) groups is 1. The van der Waals surface area contributed by atoms with Crippen LogP contribution in [0.15, 0.2) is 0 Å². The van der Waals surface area contributed by atoms with Crippen molar-refractivity contribution < 1.29 is 4.79 Å². The zero-order valence-corrected chi connectivity index (χ0v) is 12.2. The van der Waals surface area contributed by atoms with Gasteiger partial charge in [0.05, 0.1) is 6.04 Å². The first-order valence-corrected chi connectivity index (χ1v) is 7.01. The smallest absolute Gasteiger partial charge is 0.237 e. The van der Waals surface area contributed by atoms with E-state index in [0.717, 1.165) is 31.7 Å². The standard InChI is InChI=1S/C14H30N2O/c1-6-8-12(4)16-14(17)13(5)15-10-7-9-11(2)3/h11-13,15H,6-10H2,1-5H3,(H,16,17). The van der Waals surface area contributed by atoms with E-state index in [-0.39, 0.29) is 18.0 Å². The van der Waals surface area contributed by atoms with Gasteiger partial charge in [0.1, 0.15) is 0 Å². The van der Waals surface area contributed by atoms with E-state index < -0.39 is 0 Å². The molecule has 0 aliphatic heterocycles. The summed E-state index contributed by atoms with van der Waals surface area (Å²) in [5.41, 5.74) is 0. The van der Waals surface area contributed by atoms with Crippen molar-refractivity contribution in [1.82, 2.24) is 10.6 Å². The van der Waals surface area contributed by atoms with E-state index in [1.165, 1.54) is 6.42 Å². The van der Waals surface area contributed by atoms with Gasteiger partial charge in [-0.05, 0) is 45.6 Å². The summed E-state index contributed by atoms with van der Waals surface area (Å²) in [6, 6.07) is 0.203. The largest absolute Gasteiger partial charge is 0.352 e. The van der Waals surface area contributed by atoms with Gasteiger partial charge in [-0.1, -0.05) is 27.2 Å². The van der Waals surface area contributed by atoms with Crippen LogP contribution in [-0.2, 0) is 4.79 Å². The maximum atomic E-state index is 11.8. The molecule has 3 heteroatoms. The first-order valence-electron chi connectivity index (χ1n) is 7.01. The molecule has 0 fully saturated rings. The number of carbonyl (C=O) groups excluding carboxylic acids is 1. The second-order valence-corrected chi connectivity index (χ2v) is 5.41. The van der Waals surface area contributed by atoms with Crippen LogP contribution in [0.2, 0.25) is 0 Å². The number of nitrogens with one attached hydrogen (secondary N) is 2. The van der Waals surface area contributed by atoms with Crippen LogP contribution in [0.3, 0.4) is 0 Å². The van der Waals surface area contributed by atoms with Gasteiger partial charge in [-0.25, -0.2) is 0 Å². The molecule has 0 heterocycles. The zero-order chi connectivity index (χ0) is 13.3. The number of amides is 1. The van der Waals surface area contributed by atoms with Crippen molar-refractivity contribution in [2.24, 2.45) is 5.92 Å². The molecule has 0 saturated heterocycles. The van der Waals surface area contributed by atoms with Gasteiger partial charge < -0.3 is 10.6 Å². The molecule has 0 aromatic rings. The Morgan fingerprint density at radius 2 is 1.76 bits per heavy atom. The highest BCUT2D eigenvalue weighted by Gasteiger charge is 2.13. The van der Waals surface area contributed by atoms with E-state index >= 15 is 0 Å². The molecule has 17 heavy (non-hydrogen) atoms. The normalized spacial score (nSPS) is 14.7. The number of hydrogen-bond acceptors (Lipinski definition) is 2. The SMILES string of the molecule is CCCC(C)NC(=O)C(C)NCCCC(C)C. The number of rotatable bonds is 9. The van der Waals surface area contributed by atoms with E-state index in [2.05, 4.69) is 38.3 Å². The van der Waals surface area contributed by atoms with Crippen LogP contribution in [0.4, 0.5) is 0 Å². The number of hydrogen-bond donors (Lipinski definition) is 2. The molecule has 2 N–H and O–H groups in total. The van der Waals surface area contributed by atoms with Crippen LogP contribution < -0.4 is 10.6 Å². The first-order chi connectivity index (χ1) is 7.97. The van der Waals surface area contributed by atoms with Crippen molar-refractivity contribution in [3.63, 3.8) is 0 Å². The lowest BCUT2D eigenvalue weighted by atomic mass is 10.1. The monoisotopic (exact) mass is 242 g/mol. The molecule has 2 unspecified atom stereocenters. The molecule has 0 aromatic carbocycles. The van der Waals surface area contributed by atoms with Crippen molar-refractivity contribution in [3.8, 4) is 0 Å². The van der Waals surface area contributed by atoms with Gasteiger partial charge in [-0.15, -0.1) is 0 Å². The summed E-state index contributed by atoms with van der Waals surface area (Å²) >= 11 is 0. The van der Waals surface area contributed by atoms with Crippen molar-refractivity contribution in [2.45, 2.75) is 72.4 Å². The van der Waals surface area contributed by atoms with Crippen LogP contribution in [0, 0.1) is 5.92 Å². The third-order valence-electron chi connectivity index (χ3n) is 2.91. The molecule has 1 amide bonds. The van der Waals surface area contributed by atoms with E-state index in [4.69, 9.17) is 0 Å². The third kappa shape index (κ3) is 9.16. The molecule has 0 radical (unpaired) electrons. The zero-order valence-electron chi connectivity index (χ0n) is 12.2. The van der Waals surface area contributed by atoms with Crippen molar-refractivity contribution in [1.29, 1.82) is 0 Å². The Morgan fingerprint density at radius 3 is 2.29 bits per heavy atom. The van der Waals surface area contributed by atoms with Crippen molar-refractivity contribution >= 4 is 5.91 Å². The van der Waals surface area contributed by atoms with Crippen LogP contribution in [0.5, 0.6) is 0 Å². The molecule has 0 aliphatic rings. The second-order valence-electron chi connectivity index (χ2n) is 5.41. The minimum atomic E-state index is -0.0820. The molecule has 0 aliphatic carbocycles. The maximum Gasteiger partial charge on any atom is 0.237 e. The first kappa shape index (κ1) is 16.4. The molecule has 102 valence electrons.